The number of hydrogen-bond donors (Lipinski definition) is 1. The quantitative estimate of drug-likeness (QED) is 0.650. The molecule has 7 heteroatoms. The molecule has 138 valence electrons. The first-order valence-electron chi connectivity index (χ1n) is 8.32. The first kappa shape index (κ1) is 18.2. The van der Waals surface area contributed by atoms with Gasteiger partial charge in [0.25, 0.3) is 11.8 Å². The number of ether oxygens (including phenoxy) is 2. The summed E-state index contributed by atoms with van der Waals surface area (Å²) in [7, 11) is 1.53. The molecule has 0 aromatic heterocycles. The van der Waals surface area contributed by atoms with Gasteiger partial charge in [0.15, 0.2) is 0 Å². The fraction of sp³-hybridized carbons (Fsp3) is 0.150. The van der Waals surface area contributed by atoms with Crippen molar-refractivity contribution < 1.29 is 23.9 Å². The largest absolute Gasteiger partial charge is 0.497 e. The van der Waals surface area contributed by atoms with E-state index in [9.17, 15) is 14.4 Å². The predicted molar refractivity (Wildman–Crippen MR) is 99.6 cm³/mol. The van der Waals surface area contributed by atoms with Gasteiger partial charge >= 0.3 is 6.03 Å². The highest BCUT2D eigenvalue weighted by atomic mass is 16.5. The van der Waals surface area contributed by atoms with Crippen LogP contribution in [0.2, 0.25) is 0 Å². The molecule has 0 atom stereocenters. The minimum Gasteiger partial charge on any atom is -0.497 e. The number of barbiturate groups is 1. The SMILES string of the molecule is CCOc1cc(OC)ccc1/C=C1\C(=O)NC(=O)N(c2ccccc2)C1=O. The molecule has 2 aromatic carbocycles. The number of benzene rings is 2. The molecule has 0 aliphatic carbocycles. The fourth-order valence-electron chi connectivity index (χ4n) is 2.67. The van der Waals surface area contributed by atoms with Gasteiger partial charge in [-0.2, -0.15) is 0 Å². The van der Waals surface area contributed by atoms with Crippen molar-refractivity contribution in [2.24, 2.45) is 0 Å². The smallest absolute Gasteiger partial charge is 0.335 e. The second kappa shape index (κ2) is 7.74. The molecule has 4 amide bonds. The number of carbonyl (C=O) groups excluding carboxylic acids is 3. The van der Waals surface area contributed by atoms with Crippen LogP contribution in [0.15, 0.2) is 54.1 Å². The Kier molecular flexibility index (Phi) is 5.21. The Balaban J connectivity index is 2.03. The highest BCUT2D eigenvalue weighted by Gasteiger charge is 2.36. The van der Waals surface area contributed by atoms with E-state index in [0.717, 1.165) is 4.90 Å². The molecule has 1 heterocycles. The van der Waals surface area contributed by atoms with Crippen LogP contribution in [0.5, 0.6) is 11.5 Å². The molecule has 0 bridgehead atoms. The number of anilines is 1. The fourth-order valence-corrected chi connectivity index (χ4v) is 2.67. The van der Waals surface area contributed by atoms with Gasteiger partial charge in [0.05, 0.1) is 19.4 Å². The highest BCUT2D eigenvalue weighted by Crippen LogP contribution is 2.28. The second-order valence-corrected chi connectivity index (χ2v) is 5.63. The number of carbonyl (C=O) groups is 3. The van der Waals surface area contributed by atoms with E-state index in [0.29, 0.717) is 29.4 Å². The number of nitrogens with zero attached hydrogens (tertiary/aromatic N) is 1. The number of para-hydroxylation sites is 1. The molecule has 0 radical (unpaired) electrons. The standard InChI is InChI=1S/C20H18N2O5/c1-3-27-17-12-15(26-2)10-9-13(17)11-16-18(23)21-20(25)22(19(16)24)14-7-5-4-6-8-14/h4-12H,3H2,1-2H3,(H,21,23,25)/b16-11+. The highest BCUT2D eigenvalue weighted by molar-refractivity contribution is 6.39. The van der Waals surface area contributed by atoms with Gasteiger partial charge in [-0.05, 0) is 37.3 Å². The molecule has 3 rings (SSSR count). The topological polar surface area (TPSA) is 84.9 Å². The van der Waals surface area contributed by atoms with Gasteiger partial charge in [0.1, 0.15) is 17.1 Å². The van der Waals surface area contributed by atoms with Crippen LogP contribution < -0.4 is 19.7 Å². The van der Waals surface area contributed by atoms with E-state index < -0.39 is 17.8 Å². The van der Waals surface area contributed by atoms with Gasteiger partial charge in [-0.15, -0.1) is 0 Å². The maximum absolute atomic E-state index is 12.9. The second-order valence-electron chi connectivity index (χ2n) is 5.63. The summed E-state index contributed by atoms with van der Waals surface area (Å²) in [4.78, 5) is 38.2. The summed E-state index contributed by atoms with van der Waals surface area (Å²) in [5, 5.41) is 2.20. The third-order valence-corrected chi connectivity index (χ3v) is 3.94. The number of amides is 4. The first-order valence-corrected chi connectivity index (χ1v) is 8.32. The van der Waals surface area contributed by atoms with E-state index in [1.54, 1.807) is 48.5 Å². The lowest BCUT2D eigenvalue weighted by atomic mass is 10.1. The van der Waals surface area contributed by atoms with Gasteiger partial charge in [-0.1, -0.05) is 18.2 Å². The maximum atomic E-state index is 12.9. The molecule has 27 heavy (non-hydrogen) atoms. The molecule has 1 fully saturated rings. The zero-order valence-corrected chi connectivity index (χ0v) is 14.9. The van der Waals surface area contributed by atoms with Crippen molar-refractivity contribution >= 4 is 29.6 Å². The van der Waals surface area contributed by atoms with Crippen molar-refractivity contribution in [3.8, 4) is 11.5 Å². The lowest BCUT2D eigenvalue weighted by Gasteiger charge is -2.26. The Labute approximate surface area is 156 Å². The number of hydrogen-bond acceptors (Lipinski definition) is 5. The van der Waals surface area contributed by atoms with Crippen LogP contribution in [-0.2, 0) is 9.59 Å². The number of rotatable bonds is 5. The van der Waals surface area contributed by atoms with E-state index in [1.165, 1.54) is 13.2 Å². The van der Waals surface area contributed by atoms with Crippen molar-refractivity contribution in [1.29, 1.82) is 0 Å². The van der Waals surface area contributed by atoms with E-state index in [4.69, 9.17) is 9.47 Å². The van der Waals surface area contributed by atoms with Crippen LogP contribution in [0.3, 0.4) is 0 Å². The summed E-state index contributed by atoms with van der Waals surface area (Å²) in [5.41, 5.74) is 0.737. The van der Waals surface area contributed by atoms with Crippen molar-refractivity contribution in [3.05, 3.63) is 59.7 Å². The third kappa shape index (κ3) is 3.67. The van der Waals surface area contributed by atoms with Crippen LogP contribution in [0, 0.1) is 0 Å². The summed E-state index contributed by atoms with van der Waals surface area (Å²) in [5.74, 6) is -0.405. The zero-order valence-electron chi connectivity index (χ0n) is 14.9. The van der Waals surface area contributed by atoms with E-state index in [1.807, 2.05) is 6.92 Å². The molecule has 1 saturated heterocycles. The van der Waals surface area contributed by atoms with E-state index in [-0.39, 0.29) is 5.57 Å². The maximum Gasteiger partial charge on any atom is 0.335 e. The van der Waals surface area contributed by atoms with Gasteiger partial charge in [-0.3, -0.25) is 14.9 Å². The molecule has 1 aliphatic rings. The molecular weight excluding hydrogens is 348 g/mol. The van der Waals surface area contributed by atoms with Crippen LogP contribution in [-0.4, -0.2) is 31.6 Å². The van der Waals surface area contributed by atoms with Crippen LogP contribution in [0.1, 0.15) is 12.5 Å². The normalized spacial score (nSPS) is 15.7. The summed E-state index contributed by atoms with van der Waals surface area (Å²) >= 11 is 0. The summed E-state index contributed by atoms with van der Waals surface area (Å²) < 4.78 is 10.8. The number of nitrogens with one attached hydrogen (secondary N) is 1. The summed E-state index contributed by atoms with van der Waals surface area (Å²) in [6.07, 6.45) is 1.41. The summed E-state index contributed by atoms with van der Waals surface area (Å²) in [6, 6.07) is 12.7. The molecule has 2 aromatic rings. The Hall–Kier alpha value is -3.61. The Bertz CT molecular complexity index is 921. The molecule has 0 unspecified atom stereocenters. The number of urea groups is 1. The molecule has 1 N–H and O–H groups in total. The number of methoxy groups -OCH3 is 1. The third-order valence-electron chi connectivity index (χ3n) is 3.94. The van der Waals surface area contributed by atoms with Gasteiger partial charge in [0.2, 0.25) is 0 Å². The average Bonchev–Trinajstić information content (AvgIpc) is 2.67. The molecule has 0 spiro atoms. The van der Waals surface area contributed by atoms with E-state index in [2.05, 4.69) is 5.32 Å². The predicted octanol–water partition coefficient (Wildman–Crippen LogP) is 2.76. The first-order chi connectivity index (χ1) is 13.0. The average molecular weight is 366 g/mol. The van der Waals surface area contributed by atoms with Crippen LogP contribution in [0.4, 0.5) is 10.5 Å². The van der Waals surface area contributed by atoms with Crippen molar-refractivity contribution in [1.82, 2.24) is 5.32 Å². The van der Waals surface area contributed by atoms with Crippen LogP contribution >= 0.6 is 0 Å². The van der Waals surface area contributed by atoms with E-state index >= 15 is 0 Å². The lowest BCUT2D eigenvalue weighted by Crippen LogP contribution is -2.54. The zero-order chi connectivity index (χ0) is 19.4. The molecular formula is C20H18N2O5. The minimum atomic E-state index is -0.784. The summed E-state index contributed by atoms with van der Waals surface area (Å²) in [6.45, 7) is 2.22. The molecule has 7 nitrogen and oxygen atoms in total. The molecule has 1 aliphatic heterocycles. The Morgan fingerprint density at radius 2 is 1.81 bits per heavy atom. The van der Waals surface area contributed by atoms with Gasteiger partial charge < -0.3 is 9.47 Å². The monoisotopic (exact) mass is 366 g/mol. The van der Waals surface area contributed by atoms with Crippen molar-refractivity contribution in [2.45, 2.75) is 6.92 Å². The minimum absolute atomic E-state index is 0.162. The molecule has 0 saturated carbocycles. The van der Waals surface area contributed by atoms with Crippen molar-refractivity contribution in [3.63, 3.8) is 0 Å². The van der Waals surface area contributed by atoms with Gasteiger partial charge in [-0.25, -0.2) is 9.69 Å². The number of imide groups is 2. The Morgan fingerprint density at radius 1 is 1.07 bits per heavy atom. The van der Waals surface area contributed by atoms with Gasteiger partial charge in [0, 0.05) is 11.6 Å². The Morgan fingerprint density at radius 3 is 2.48 bits per heavy atom. The van der Waals surface area contributed by atoms with Crippen LogP contribution in [0.25, 0.3) is 6.08 Å². The lowest BCUT2D eigenvalue weighted by molar-refractivity contribution is -0.122. The van der Waals surface area contributed by atoms with Crippen molar-refractivity contribution in [2.75, 3.05) is 18.6 Å².